The quantitative estimate of drug-likeness (QED) is 0.660. The number of rotatable bonds is 6. The molecule has 1 aliphatic rings. The van der Waals surface area contributed by atoms with Crippen LogP contribution in [0.25, 0.3) is 11.2 Å². The monoisotopic (exact) mass is 413 g/mol. The number of imidazole rings is 1. The number of benzene rings is 1. The number of aliphatic hydroxyl groups excluding tert-OH is 1. The Morgan fingerprint density at radius 1 is 1.17 bits per heavy atom. The minimum Gasteiger partial charge on any atom is -0.494 e. The summed E-state index contributed by atoms with van der Waals surface area (Å²) in [5.74, 6) is 1.30. The van der Waals surface area contributed by atoms with Crippen LogP contribution in [-0.2, 0) is 20.1 Å². The van der Waals surface area contributed by atoms with E-state index in [0.717, 1.165) is 24.3 Å². The zero-order chi connectivity index (χ0) is 21.4. The van der Waals surface area contributed by atoms with Crippen molar-refractivity contribution < 1.29 is 9.84 Å². The number of aliphatic hydroxyl groups is 1. The second-order valence-corrected chi connectivity index (χ2v) is 7.54. The molecule has 0 fully saturated rings. The number of aryl methyl sites for hydroxylation is 1. The highest BCUT2D eigenvalue weighted by atomic mass is 16.5. The largest absolute Gasteiger partial charge is 0.494 e. The van der Waals surface area contributed by atoms with Gasteiger partial charge in [0.1, 0.15) is 5.75 Å². The third-order valence-electron chi connectivity index (χ3n) is 5.44. The summed E-state index contributed by atoms with van der Waals surface area (Å²) in [6.07, 6.45) is 0.938. The van der Waals surface area contributed by atoms with Crippen LogP contribution in [0, 0.1) is 0 Å². The summed E-state index contributed by atoms with van der Waals surface area (Å²) in [5.41, 5.74) is 0.770. The summed E-state index contributed by atoms with van der Waals surface area (Å²) >= 11 is 0. The molecule has 0 radical (unpaired) electrons. The Kier molecular flexibility index (Phi) is 5.38. The van der Waals surface area contributed by atoms with Gasteiger partial charge in [0.15, 0.2) is 11.2 Å². The first-order valence-electron chi connectivity index (χ1n) is 10.3. The third kappa shape index (κ3) is 3.28. The molecule has 30 heavy (non-hydrogen) atoms. The van der Waals surface area contributed by atoms with Crippen LogP contribution in [0.3, 0.4) is 0 Å². The molecule has 1 N–H and O–H groups in total. The molecule has 0 spiro atoms. The molecule has 4 rings (SSSR count). The van der Waals surface area contributed by atoms with Crippen molar-refractivity contribution in [2.24, 2.45) is 7.05 Å². The Morgan fingerprint density at radius 3 is 2.57 bits per heavy atom. The summed E-state index contributed by atoms with van der Waals surface area (Å²) in [5, 5.41) is 10.5. The molecule has 160 valence electrons. The smallest absolute Gasteiger partial charge is 0.332 e. The zero-order valence-electron chi connectivity index (χ0n) is 17.5. The molecule has 0 aliphatic carbocycles. The molecule has 1 atom stereocenters. The molecule has 1 aromatic carbocycles. The second kappa shape index (κ2) is 7.98. The topological polar surface area (TPSA) is 94.5 Å². The van der Waals surface area contributed by atoms with E-state index >= 15 is 0 Å². The van der Waals surface area contributed by atoms with E-state index in [1.165, 1.54) is 9.13 Å². The Bertz CT molecular complexity index is 1180. The lowest BCUT2D eigenvalue weighted by Crippen LogP contribution is -2.41. The molecule has 0 bridgehead atoms. The lowest BCUT2D eigenvalue weighted by atomic mass is 10.2. The molecule has 3 aromatic rings. The normalized spacial score (nSPS) is 16.1. The number of fused-ring (bicyclic) bond motifs is 3. The average molecular weight is 413 g/mol. The minimum absolute atomic E-state index is 0.251. The van der Waals surface area contributed by atoms with Gasteiger partial charge >= 0.3 is 5.69 Å². The van der Waals surface area contributed by atoms with Crippen molar-refractivity contribution in [1.82, 2.24) is 18.7 Å². The van der Waals surface area contributed by atoms with Crippen LogP contribution in [0.15, 0.2) is 33.9 Å². The summed E-state index contributed by atoms with van der Waals surface area (Å²) < 4.78 is 9.92. The van der Waals surface area contributed by atoms with Crippen LogP contribution in [0.1, 0.15) is 26.7 Å². The van der Waals surface area contributed by atoms with Crippen LogP contribution in [-0.4, -0.2) is 43.0 Å². The van der Waals surface area contributed by atoms with Gasteiger partial charge in [0.25, 0.3) is 5.56 Å². The Hall–Kier alpha value is -3.07. The molecule has 0 amide bonds. The summed E-state index contributed by atoms with van der Waals surface area (Å²) in [6.45, 7) is 5.48. The van der Waals surface area contributed by atoms with Crippen LogP contribution in [0.2, 0.25) is 0 Å². The van der Waals surface area contributed by atoms with Gasteiger partial charge in [0.2, 0.25) is 5.95 Å². The number of hydrogen-bond acceptors (Lipinski definition) is 6. The van der Waals surface area contributed by atoms with Crippen molar-refractivity contribution >= 4 is 22.8 Å². The van der Waals surface area contributed by atoms with Gasteiger partial charge in [-0.2, -0.15) is 4.98 Å². The van der Waals surface area contributed by atoms with E-state index in [1.54, 1.807) is 11.6 Å². The van der Waals surface area contributed by atoms with E-state index in [-0.39, 0.29) is 17.8 Å². The maximum atomic E-state index is 13.2. The van der Waals surface area contributed by atoms with Crippen molar-refractivity contribution in [3.8, 4) is 5.75 Å². The lowest BCUT2D eigenvalue weighted by Gasteiger charge is -2.32. The SMILES string of the molecule is CCCCn1c(=O)c2c(nc3n2C[C@H](O)CN3c2ccc(OCC)cc2)n(C)c1=O. The number of nitrogens with zero attached hydrogens (tertiary/aromatic N) is 5. The predicted molar refractivity (Wildman–Crippen MR) is 115 cm³/mol. The first-order chi connectivity index (χ1) is 14.5. The fourth-order valence-corrected chi connectivity index (χ4v) is 3.92. The average Bonchev–Trinajstić information content (AvgIpc) is 3.12. The summed E-state index contributed by atoms with van der Waals surface area (Å²) in [7, 11) is 1.63. The maximum Gasteiger partial charge on any atom is 0.332 e. The summed E-state index contributed by atoms with van der Waals surface area (Å²) in [6, 6.07) is 7.51. The number of unbranched alkanes of at least 4 members (excludes halogenated alkanes) is 1. The first-order valence-corrected chi connectivity index (χ1v) is 10.3. The number of β-amino-alcohol motifs (C(OH)–C–C–N with tert-alkyl or cyclic N) is 1. The van der Waals surface area contributed by atoms with E-state index in [4.69, 9.17) is 4.74 Å². The highest BCUT2D eigenvalue weighted by Crippen LogP contribution is 2.32. The van der Waals surface area contributed by atoms with Gasteiger partial charge in [-0.05, 0) is 37.6 Å². The summed E-state index contributed by atoms with van der Waals surface area (Å²) in [4.78, 5) is 32.4. The van der Waals surface area contributed by atoms with E-state index in [0.29, 0.717) is 36.8 Å². The van der Waals surface area contributed by atoms with Gasteiger partial charge < -0.3 is 19.3 Å². The molecular formula is C21H27N5O4. The van der Waals surface area contributed by atoms with Crippen LogP contribution in [0.4, 0.5) is 11.6 Å². The molecule has 1 aliphatic heterocycles. The molecule has 0 saturated carbocycles. The van der Waals surface area contributed by atoms with Gasteiger partial charge in [-0.3, -0.25) is 13.9 Å². The maximum absolute atomic E-state index is 13.2. The van der Waals surface area contributed by atoms with Crippen molar-refractivity contribution in [1.29, 1.82) is 0 Å². The molecule has 0 saturated heterocycles. The minimum atomic E-state index is -0.679. The zero-order valence-corrected chi connectivity index (χ0v) is 17.5. The van der Waals surface area contributed by atoms with E-state index in [9.17, 15) is 14.7 Å². The molecule has 9 heteroatoms. The van der Waals surface area contributed by atoms with Crippen molar-refractivity contribution in [2.75, 3.05) is 18.1 Å². The lowest BCUT2D eigenvalue weighted by molar-refractivity contribution is 0.154. The molecule has 2 aromatic heterocycles. The second-order valence-electron chi connectivity index (χ2n) is 7.54. The van der Waals surface area contributed by atoms with Gasteiger partial charge in [-0.25, -0.2) is 4.79 Å². The van der Waals surface area contributed by atoms with Crippen LogP contribution >= 0.6 is 0 Å². The standard InChI is InChI=1S/C21H27N5O4/c1-4-6-11-24-19(28)17-18(23(3)21(24)29)22-20-25(12-15(27)13-26(17)20)14-7-9-16(10-8-14)30-5-2/h7-10,15,27H,4-6,11-13H2,1-3H3/t15-/m1/s1. The van der Waals surface area contributed by atoms with Gasteiger partial charge in [-0.15, -0.1) is 0 Å². The Labute approximate surface area is 173 Å². The molecular weight excluding hydrogens is 386 g/mol. The highest BCUT2D eigenvalue weighted by Gasteiger charge is 2.30. The Balaban J connectivity index is 1.88. The third-order valence-corrected chi connectivity index (χ3v) is 5.44. The molecule has 0 unspecified atom stereocenters. The Morgan fingerprint density at radius 2 is 1.90 bits per heavy atom. The predicted octanol–water partition coefficient (Wildman–Crippen LogP) is 1.61. The van der Waals surface area contributed by atoms with Crippen molar-refractivity contribution in [3.63, 3.8) is 0 Å². The van der Waals surface area contributed by atoms with E-state index in [2.05, 4.69) is 4.98 Å². The van der Waals surface area contributed by atoms with Gasteiger partial charge in [0.05, 0.1) is 25.8 Å². The first kappa shape index (κ1) is 20.2. The van der Waals surface area contributed by atoms with E-state index < -0.39 is 6.10 Å². The van der Waals surface area contributed by atoms with Crippen molar-refractivity contribution in [2.45, 2.75) is 45.9 Å². The number of ether oxygens (including phenoxy) is 1. The van der Waals surface area contributed by atoms with Gasteiger partial charge in [-0.1, -0.05) is 13.3 Å². The number of hydrogen-bond donors (Lipinski definition) is 1. The molecule has 9 nitrogen and oxygen atoms in total. The highest BCUT2D eigenvalue weighted by molar-refractivity contribution is 5.77. The number of anilines is 2. The molecule has 3 heterocycles. The van der Waals surface area contributed by atoms with Crippen molar-refractivity contribution in [3.05, 3.63) is 45.1 Å². The number of aromatic nitrogens is 4. The van der Waals surface area contributed by atoms with Crippen LogP contribution < -0.4 is 20.9 Å². The van der Waals surface area contributed by atoms with E-state index in [1.807, 2.05) is 43.0 Å². The fourth-order valence-electron chi connectivity index (χ4n) is 3.92. The van der Waals surface area contributed by atoms with Crippen LogP contribution in [0.5, 0.6) is 5.75 Å². The fraction of sp³-hybridized carbons (Fsp3) is 0.476. The van der Waals surface area contributed by atoms with Gasteiger partial charge in [0, 0.05) is 19.3 Å².